The number of fused-ring (bicyclic) bond motifs is 2. The molecule has 0 aromatic heterocycles. The van der Waals surface area contributed by atoms with E-state index in [2.05, 4.69) is 15.1 Å². The zero-order chi connectivity index (χ0) is 26.1. The number of nitrogens with one attached hydrogen (secondary N) is 2. The van der Waals surface area contributed by atoms with Gasteiger partial charge in [0.15, 0.2) is 0 Å². The number of hydroxylamine groups is 2. The van der Waals surface area contributed by atoms with Gasteiger partial charge in [-0.3, -0.25) is 29.9 Å². The SMILES string of the molecule is CC(C)(C)N(Cc1ccc(C(=O)NNC(=O)C2CCC3CN2C(=O)N3OS(=O)(=O)O)cc1)C(=O)O. The maximum absolute atomic E-state index is 12.6. The van der Waals surface area contributed by atoms with E-state index in [4.69, 9.17) is 4.55 Å². The van der Waals surface area contributed by atoms with Gasteiger partial charge in [0.2, 0.25) is 0 Å². The van der Waals surface area contributed by atoms with Gasteiger partial charge in [-0.1, -0.05) is 12.1 Å². The lowest BCUT2D eigenvalue weighted by molar-refractivity contribution is -0.126. The van der Waals surface area contributed by atoms with Crippen LogP contribution in [0.3, 0.4) is 0 Å². The first kappa shape index (κ1) is 26.2. The molecule has 15 heteroatoms. The zero-order valence-electron chi connectivity index (χ0n) is 19.3. The van der Waals surface area contributed by atoms with Crippen molar-refractivity contribution in [3.8, 4) is 0 Å². The van der Waals surface area contributed by atoms with Crippen LogP contribution in [0, 0.1) is 0 Å². The van der Waals surface area contributed by atoms with Gasteiger partial charge in [-0.05, 0) is 51.3 Å². The third-order valence-electron chi connectivity index (χ3n) is 5.70. The van der Waals surface area contributed by atoms with E-state index < -0.39 is 52.0 Å². The summed E-state index contributed by atoms with van der Waals surface area (Å²) < 4.78 is 35.1. The van der Waals surface area contributed by atoms with Crippen LogP contribution in [-0.2, 0) is 26.0 Å². The summed E-state index contributed by atoms with van der Waals surface area (Å²) in [4.78, 5) is 51.3. The number of nitrogens with zero attached hydrogens (tertiary/aromatic N) is 3. The molecule has 14 nitrogen and oxygen atoms in total. The molecule has 2 unspecified atom stereocenters. The Kier molecular flexibility index (Phi) is 7.23. The molecule has 2 aliphatic rings. The molecule has 5 amide bonds. The molecule has 0 aliphatic carbocycles. The van der Waals surface area contributed by atoms with E-state index in [1.54, 1.807) is 32.9 Å². The van der Waals surface area contributed by atoms with Crippen LogP contribution >= 0.6 is 0 Å². The standard InChI is InChI=1S/C20H27N5O9S/c1-20(2,3)24(19(29)30)10-12-4-6-13(7-5-12)16(26)21-22-17(27)15-9-8-14-11-23(15)18(28)25(14)34-35(31,32)33/h4-7,14-15H,8-11H2,1-3H3,(H,21,26)(H,22,27)(H,29,30)(H,31,32,33). The van der Waals surface area contributed by atoms with Gasteiger partial charge in [-0.2, -0.15) is 13.5 Å². The predicted molar refractivity (Wildman–Crippen MR) is 119 cm³/mol. The van der Waals surface area contributed by atoms with Crippen LogP contribution in [-0.4, -0.2) is 81.0 Å². The van der Waals surface area contributed by atoms with Crippen molar-refractivity contribution in [2.75, 3.05) is 6.54 Å². The van der Waals surface area contributed by atoms with Crippen LogP contribution in [0.25, 0.3) is 0 Å². The van der Waals surface area contributed by atoms with Crippen molar-refractivity contribution < 1.29 is 41.5 Å². The fraction of sp³-hybridized carbons (Fsp3) is 0.500. The number of carboxylic acid groups (broad SMARTS) is 1. The highest BCUT2D eigenvalue weighted by molar-refractivity contribution is 7.80. The predicted octanol–water partition coefficient (Wildman–Crippen LogP) is 0.729. The Hall–Kier alpha value is -3.43. The second-order valence-corrected chi connectivity index (χ2v) is 10.2. The van der Waals surface area contributed by atoms with Crippen molar-refractivity contribution in [1.29, 1.82) is 0 Å². The number of amides is 5. The highest BCUT2D eigenvalue weighted by atomic mass is 32.3. The first-order chi connectivity index (χ1) is 16.2. The van der Waals surface area contributed by atoms with Crippen LogP contribution in [0.1, 0.15) is 49.5 Å². The van der Waals surface area contributed by atoms with Crippen molar-refractivity contribution in [1.82, 2.24) is 25.7 Å². The molecule has 2 bridgehead atoms. The number of benzene rings is 1. The van der Waals surface area contributed by atoms with Gasteiger partial charge >= 0.3 is 22.5 Å². The molecule has 4 N–H and O–H groups in total. The van der Waals surface area contributed by atoms with Crippen LogP contribution in [0.4, 0.5) is 9.59 Å². The van der Waals surface area contributed by atoms with Gasteiger partial charge in [0.05, 0.1) is 6.04 Å². The Labute approximate surface area is 201 Å². The maximum Gasteiger partial charge on any atom is 0.418 e. The van der Waals surface area contributed by atoms with Crippen LogP contribution in [0.5, 0.6) is 0 Å². The fourth-order valence-corrected chi connectivity index (χ4v) is 4.30. The van der Waals surface area contributed by atoms with Gasteiger partial charge < -0.3 is 10.0 Å². The van der Waals surface area contributed by atoms with E-state index in [9.17, 15) is 32.7 Å². The summed E-state index contributed by atoms with van der Waals surface area (Å²) in [7, 11) is -4.90. The molecular formula is C20H27N5O9S. The number of carbonyl (C=O) groups is 4. The molecule has 35 heavy (non-hydrogen) atoms. The molecule has 0 radical (unpaired) electrons. The second kappa shape index (κ2) is 9.67. The minimum absolute atomic E-state index is 0.0176. The van der Waals surface area contributed by atoms with Gasteiger partial charge in [0.1, 0.15) is 6.04 Å². The van der Waals surface area contributed by atoms with Crippen LogP contribution < -0.4 is 10.9 Å². The van der Waals surface area contributed by atoms with E-state index in [-0.39, 0.29) is 31.5 Å². The van der Waals surface area contributed by atoms with Crippen molar-refractivity contribution in [2.24, 2.45) is 0 Å². The Morgan fingerprint density at radius 3 is 2.31 bits per heavy atom. The van der Waals surface area contributed by atoms with E-state index in [1.807, 2.05) is 0 Å². The first-order valence-corrected chi connectivity index (χ1v) is 12.0. The molecule has 2 fully saturated rings. The summed E-state index contributed by atoms with van der Waals surface area (Å²) in [6, 6.07) is 3.67. The Morgan fingerprint density at radius 2 is 1.77 bits per heavy atom. The number of hydrogen-bond acceptors (Lipinski definition) is 7. The third-order valence-corrected chi connectivity index (χ3v) is 6.05. The number of hydrogen-bond donors (Lipinski definition) is 4. The van der Waals surface area contributed by atoms with E-state index >= 15 is 0 Å². The highest BCUT2D eigenvalue weighted by Crippen LogP contribution is 2.30. The quantitative estimate of drug-likeness (QED) is 0.314. The second-order valence-electron chi connectivity index (χ2n) is 9.19. The first-order valence-electron chi connectivity index (χ1n) is 10.6. The average Bonchev–Trinajstić information content (AvgIpc) is 2.98. The van der Waals surface area contributed by atoms with E-state index in [1.165, 1.54) is 17.0 Å². The van der Waals surface area contributed by atoms with Crippen molar-refractivity contribution >= 4 is 34.3 Å². The molecule has 0 saturated carbocycles. The maximum atomic E-state index is 12.6. The van der Waals surface area contributed by atoms with Crippen LogP contribution in [0.2, 0.25) is 0 Å². The smallest absolute Gasteiger partial charge is 0.418 e. The fourth-order valence-electron chi connectivity index (χ4n) is 3.91. The lowest BCUT2D eigenvalue weighted by atomic mass is 10.0. The Balaban J connectivity index is 1.57. The Bertz CT molecular complexity index is 1120. The van der Waals surface area contributed by atoms with E-state index in [0.29, 0.717) is 10.6 Å². The largest absolute Gasteiger partial charge is 0.465 e. The molecule has 192 valence electrons. The molecule has 2 atom stereocenters. The summed E-state index contributed by atoms with van der Waals surface area (Å²) in [5.74, 6) is -1.31. The highest BCUT2D eigenvalue weighted by Gasteiger charge is 2.49. The van der Waals surface area contributed by atoms with Crippen LogP contribution in [0.15, 0.2) is 24.3 Å². The number of rotatable bonds is 6. The lowest BCUT2D eigenvalue weighted by Gasteiger charge is -2.33. The molecule has 1 aromatic carbocycles. The monoisotopic (exact) mass is 513 g/mol. The molecule has 0 spiro atoms. The topological polar surface area (TPSA) is 186 Å². The molecule has 3 rings (SSSR count). The Morgan fingerprint density at radius 1 is 1.14 bits per heavy atom. The summed E-state index contributed by atoms with van der Waals surface area (Å²) in [6.07, 6.45) is -0.640. The van der Waals surface area contributed by atoms with Crippen molar-refractivity contribution in [3.63, 3.8) is 0 Å². The van der Waals surface area contributed by atoms with Crippen molar-refractivity contribution in [3.05, 3.63) is 35.4 Å². The summed E-state index contributed by atoms with van der Waals surface area (Å²) in [5.41, 5.74) is 4.78. The number of piperidine rings is 1. The zero-order valence-corrected chi connectivity index (χ0v) is 20.1. The normalized spacial score (nSPS) is 19.9. The summed E-state index contributed by atoms with van der Waals surface area (Å²) >= 11 is 0. The van der Waals surface area contributed by atoms with Crippen molar-refractivity contribution in [2.45, 2.75) is 57.8 Å². The minimum Gasteiger partial charge on any atom is -0.465 e. The summed E-state index contributed by atoms with van der Waals surface area (Å²) in [6.45, 7) is 5.46. The van der Waals surface area contributed by atoms with Gasteiger partial charge in [-0.15, -0.1) is 4.28 Å². The molecule has 2 saturated heterocycles. The average molecular weight is 514 g/mol. The lowest BCUT2D eigenvalue weighted by Crippen LogP contribution is -2.54. The number of carbonyl (C=O) groups excluding carboxylic acids is 3. The third kappa shape index (κ3) is 6.17. The number of hydrazine groups is 1. The molecule has 1 aromatic rings. The van der Waals surface area contributed by atoms with Gasteiger partial charge in [-0.25, -0.2) is 9.59 Å². The van der Waals surface area contributed by atoms with Gasteiger partial charge in [0.25, 0.3) is 11.8 Å². The molecule has 2 heterocycles. The van der Waals surface area contributed by atoms with E-state index in [0.717, 1.165) is 4.90 Å². The van der Waals surface area contributed by atoms with Gasteiger partial charge in [0, 0.05) is 24.2 Å². The minimum atomic E-state index is -4.90. The number of urea groups is 1. The summed E-state index contributed by atoms with van der Waals surface area (Å²) in [5, 5.41) is 9.93. The molecular weight excluding hydrogens is 486 g/mol. The molecule has 2 aliphatic heterocycles.